The van der Waals surface area contributed by atoms with Crippen LogP contribution in [0.4, 0.5) is 8.78 Å². The van der Waals surface area contributed by atoms with Gasteiger partial charge in [0.15, 0.2) is 11.5 Å². The van der Waals surface area contributed by atoms with Crippen molar-refractivity contribution in [3.63, 3.8) is 0 Å². The Bertz CT molecular complexity index is 832. The van der Waals surface area contributed by atoms with E-state index < -0.39 is 6.61 Å². The van der Waals surface area contributed by atoms with E-state index in [0.29, 0.717) is 24.1 Å². The third-order valence-electron chi connectivity index (χ3n) is 3.92. The second kappa shape index (κ2) is 11.4. The van der Waals surface area contributed by atoms with Gasteiger partial charge in [-0.3, -0.25) is 9.59 Å². The lowest BCUT2D eigenvalue weighted by Gasteiger charge is -2.12. The number of carbonyl (C=O) groups is 2. The molecule has 6 nitrogen and oxygen atoms in total. The minimum absolute atomic E-state index is 0.0537. The van der Waals surface area contributed by atoms with Gasteiger partial charge in [0.25, 0.3) is 5.91 Å². The third-order valence-corrected chi connectivity index (χ3v) is 4.45. The van der Waals surface area contributed by atoms with Crippen LogP contribution in [0.5, 0.6) is 11.5 Å². The molecular formula is C20H21BrF2N2O4. The van der Waals surface area contributed by atoms with Crippen LogP contribution in [0.1, 0.15) is 22.3 Å². The smallest absolute Gasteiger partial charge is 0.387 e. The number of nitrogens with one attached hydrogen (secondary N) is 2. The maximum Gasteiger partial charge on any atom is 0.387 e. The molecule has 2 amide bonds. The number of ether oxygens (including phenoxy) is 2. The summed E-state index contributed by atoms with van der Waals surface area (Å²) in [4.78, 5) is 23.9. The van der Waals surface area contributed by atoms with Gasteiger partial charge in [-0.05, 0) is 48.4 Å². The number of hydrogen-bond acceptors (Lipinski definition) is 4. The van der Waals surface area contributed by atoms with Gasteiger partial charge < -0.3 is 20.1 Å². The Morgan fingerprint density at radius 2 is 1.76 bits per heavy atom. The van der Waals surface area contributed by atoms with E-state index in [1.165, 1.54) is 19.2 Å². The Morgan fingerprint density at radius 1 is 1.03 bits per heavy atom. The van der Waals surface area contributed by atoms with Gasteiger partial charge in [-0.2, -0.15) is 8.78 Å². The van der Waals surface area contributed by atoms with Gasteiger partial charge in [0, 0.05) is 29.5 Å². The largest absolute Gasteiger partial charge is 0.493 e. The summed E-state index contributed by atoms with van der Waals surface area (Å²) in [5, 5.41) is 5.40. The average Bonchev–Trinajstić information content (AvgIpc) is 2.68. The van der Waals surface area contributed by atoms with E-state index in [-0.39, 0.29) is 36.3 Å². The van der Waals surface area contributed by atoms with Crippen molar-refractivity contribution in [1.29, 1.82) is 0 Å². The van der Waals surface area contributed by atoms with Gasteiger partial charge in [-0.15, -0.1) is 0 Å². The average molecular weight is 471 g/mol. The number of hydrogen-bond donors (Lipinski definition) is 2. The quantitative estimate of drug-likeness (QED) is 0.556. The van der Waals surface area contributed by atoms with Crippen molar-refractivity contribution in [3.05, 3.63) is 58.1 Å². The molecule has 2 N–H and O–H groups in total. The van der Waals surface area contributed by atoms with Crippen LogP contribution in [0.2, 0.25) is 0 Å². The second-order valence-corrected chi connectivity index (χ2v) is 6.89. The number of halogens is 3. The van der Waals surface area contributed by atoms with Crippen LogP contribution in [0.15, 0.2) is 46.9 Å². The molecular weight excluding hydrogens is 450 g/mol. The standard InChI is InChI=1S/C20H21BrF2N2O4/c1-28-16-7-2-13(12-17(16)29-20(22)23)8-10-24-18(26)9-11-25-19(27)14-3-5-15(21)6-4-14/h2-7,12,20H,8-11H2,1H3,(H,24,26)(H,25,27). The number of benzene rings is 2. The van der Waals surface area contributed by atoms with Crippen LogP contribution >= 0.6 is 15.9 Å². The van der Waals surface area contributed by atoms with Gasteiger partial charge >= 0.3 is 6.61 Å². The maximum absolute atomic E-state index is 12.5. The van der Waals surface area contributed by atoms with Crippen molar-refractivity contribution >= 4 is 27.7 Å². The molecule has 0 radical (unpaired) electrons. The molecule has 0 fully saturated rings. The molecule has 0 aliphatic rings. The van der Waals surface area contributed by atoms with Crippen molar-refractivity contribution in [3.8, 4) is 11.5 Å². The molecule has 0 saturated carbocycles. The first-order valence-corrected chi connectivity index (χ1v) is 9.60. The first-order chi connectivity index (χ1) is 13.9. The maximum atomic E-state index is 12.5. The monoisotopic (exact) mass is 470 g/mol. The number of methoxy groups -OCH3 is 1. The van der Waals surface area contributed by atoms with Gasteiger partial charge in [0.05, 0.1) is 7.11 Å². The van der Waals surface area contributed by atoms with Crippen molar-refractivity contribution in [2.45, 2.75) is 19.5 Å². The molecule has 0 aliphatic heterocycles. The highest BCUT2D eigenvalue weighted by molar-refractivity contribution is 9.10. The lowest BCUT2D eigenvalue weighted by molar-refractivity contribution is -0.120. The summed E-state index contributed by atoms with van der Waals surface area (Å²) in [7, 11) is 1.36. The molecule has 0 unspecified atom stereocenters. The molecule has 0 aliphatic carbocycles. The summed E-state index contributed by atoms with van der Waals surface area (Å²) in [6, 6.07) is 11.6. The van der Waals surface area contributed by atoms with Crippen molar-refractivity contribution < 1.29 is 27.8 Å². The molecule has 156 valence electrons. The van der Waals surface area contributed by atoms with E-state index in [1.54, 1.807) is 30.3 Å². The lowest BCUT2D eigenvalue weighted by Crippen LogP contribution is -2.31. The van der Waals surface area contributed by atoms with E-state index in [0.717, 1.165) is 4.47 Å². The molecule has 2 aromatic carbocycles. The summed E-state index contributed by atoms with van der Waals surface area (Å²) < 4.78 is 35.2. The van der Waals surface area contributed by atoms with E-state index in [1.807, 2.05) is 0 Å². The zero-order chi connectivity index (χ0) is 21.2. The van der Waals surface area contributed by atoms with E-state index in [4.69, 9.17) is 4.74 Å². The van der Waals surface area contributed by atoms with Crippen molar-refractivity contribution in [2.75, 3.05) is 20.2 Å². The predicted octanol–water partition coefficient (Wildman–Crippen LogP) is 3.54. The van der Waals surface area contributed by atoms with Crippen LogP contribution in [0.3, 0.4) is 0 Å². The first-order valence-electron chi connectivity index (χ1n) is 8.81. The van der Waals surface area contributed by atoms with Gasteiger partial charge in [0.1, 0.15) is 0 Å². The highest BCUT2D eigenvalue weighted by atomic mass is 79.9. The zero-order valence-electron chi connectivity index (χ0n) is 15.7. The third kappa shape index (κ3) is 7.69. The van der Waals surface area contributed by atoms with Crippen LogP contribution in [-0.4, -0.2) is 38.6 Å². The fourth-order valence-electron chi connectivity index (χ4n) is 2.49. The van der Waals surface area contributed by atoms with E-state index >= 15 is 0 Å². The molecule has 0 atom stereocenters. The minimum Gasteiger partial charge on any atom is -0.493 e. The SMILES string of the molecule is COc1ccc(CCNC(=O)CCNC(=O)c2ccc(Br)cc2)cc1OC(F)F. The number of rotatable bonds is 10. The van der Waals surface area contributed by atoms with Crippen molar-refractivity contribution in [1.82, 2.24) is 10.6 Å². The summed E-state index contributed by atoms with van der Waals surface area (Å²) in [5.74, 6) is -0.324. The summed E-state index contributed by atoms with van der Waals surface area (Å²) in [6.45, 7) is -2.43. The van der Waals surface area contributed by atoms with Crippen LogP contribution < -0.4 is 20.1 Å². The minimum atomic E-state index is -2.95. The Balaban J connectivity index is 1.72. The molecule has 2 aromatic rings. The topological polar surface area (TPSA) is 76.7 Å². The zero-order valence-corrected chi connectivity index (χ0v) is 17.3. The first kappa shape index (κ1) is 22.6. The van der Waals surface area contributed by atoms with Gasteiger partial charge in [0.2, 0.25) is 5.91 Å². The Labute approximate surface area is 175 Å². The van der Waals surface area contributed by atoms with E-state index in [9.17, 15) is 18.4 Å². The summed E-state index contributed by atoms with van der Waals surface area (Å²) in [6.07, 6.45) is 0.561. The fraction of sp³-hybridized carbons (Fsp3) is 0.300. The summed E-state index contributed by atoms with van der Waals surface area (Å²) >= 11 is 3.30. The normalized spacial score (nSPS) is 10.5. The molecule has 0 saturated heterocycles. The molecule has 29 heavy (non-hydrogen) atoms. The molecule has 0 spiro atoms. The summed E-state index contributed by atoms with van der Waals surface area (Å²) in [5.41, 5.74) is 1.22. The predicted molar refractivity (Wildman–Crippen MR) is 107 cm³/mol. The highest BCUT2D eigenvalue weighted by Crippen LogP contribution is 2.29. The molecule has 9 heteroatoms. The Kier molecular flexibility index (Phi) is 8.85. The molecule has 0 heterocycles. The molecule has 0 aromatic heterocycles. The number of alkyl halides is 2. The molecule has 0 bridgehead atoms. The number of carbonyl (C=O) groups excluding carboxylic acids is 2. The number of amides is 2. The van der Waals surface area contributed by atoms with Crippen LogP contribution in [0.25, 0.3) is 0 Å². The Morgan fingerprint density at radius 3 is 2.41 bits per heavy atom. The molecule has 2 rings (SSSR count). The highest BCUT2D eigenvalue weighted by Gasteiger charge is 2.11. The fourth-order valence-corrected chi connectivity index (χ4v) is 2.76. The van der Waals surface area contributed by atoms with Gasteiger partial charge in [-0.25, -0.2) is 0 Å². The lowest BCUT2D eigenvalue weighted by atomic mass is 10.1. The Hall–Kier alpha value is -2.68. The van der Waals surface area contributed by atoms with Gasteiger partial charge in [-0.1, -0.05) is 22.0 Å². The van der Waals surface area contributed by atoms with E-state index in [2.05, 4.69) is 31.3 Å². The second-order valence-electron chi connectivity index (χ2n) is 5.98. The van der Waals surface area contributed by atoms with Crippen molar-refractivity contribution in [2.24, 2.45) is 0 Å². The van der Waals surface area contributed by atoms with Crippen LogP contribution in [0, 0.1) is 0 Å². The van der Waals surface area contributed by atoms with Crippen LogP contribution in [-0.2, 0) is 11.2 Å².